The van der Waals surface area contributed by atoms with Crippen LogP contribution < -0.4 is 15.1 Å². The number of nitrogens with zero attached hydrogens (tertiary/aromatic N) is 2. The lowest BCUT2D eigenvalue weighted by atomic mass is 9.89. The molecular formula is C23H28ClN4OS+. The largest absolute Gasteiger partial charge is 0.360 e. The van der Waals surface area contributed by atoms with Crippen LogP contribution in [0, 0.1) is 24.2 Å². The highest BCUT2D eigenvalue weighted by atomic mass is 35.5. The van der Waals surface area contributed by atoms with Gasteiger partial charge in [-0.1, -0.05) is 24.6 Å². The van der Waals surface area contributed by atoms with E-state index in [9.17, 15) is 10.1 Å². The molecule has 30 heavy (non-hydrogen) atoms. The summed E-state index contributed by atoms with van der Waals surface area (Å²) in [5, 5.41) is 14.2. The maximum atomic E-state index is 12.7. The molecule has 2 aliphatic rings. The second-order valence-electron chi connectivity index (χ2n) is 8.56. The van der Waals surface area contributed by atoms with Gasteiger partial charge in [-0.25, -0.2) is 0 Å². The number of carbonyl (C=O) groups excluding carboxylic acids is 1. The lowest BCUT2D eigenvalue weighted by Gasteiger charge is -2.34. The highest BCUT2D eigenvalue weighted by Gasteiger charge is 2.27. The first-order valence-electron chi connectivity index (χ1n) is 10.6. The molecule has 0 saturated carbocycles. The summed E-state index contributed by atoms with van der Waals surface area (Å²) in [6.07, 6.45) is 3.08. The molecule has 158 valence electrons. The number of anilines is 2. The minimum atomic E-state index is 0.000492. The minimum Gasteiger partial charge on any atom is -0.360 e. The molecule has 1 fully saturated rings. The molecule has 1 saturated heterocycles. The van der Waals surface area contributed by atoms with E-state index in [2.05, 4.69) is 36.2 Å². The lowest BCUT2D eigenvalue weighted by Crippen LogP contribution is -3.15. The Balaban J connectivity index is 1.35. The van der Waals surface area contributed by atoms with Crippen LogP contribution in [-0.2, 0) is 17.6 Å². The summed E-state index contributed by atoms with van der Waals surface area (Å²) in [6, 6.07) is 8.33. The van der Waals surface area contributed by atoms with E-state index < -0.39 is 0 Å². The van der Waals surface area contributed by atoms with E-state index >= 15 is 0 Å². The second kappa shape index (κ2) is 8.97. The monoisotopic (exact) mass is 443 g/mol. The highest BCUT2D eigenvalue weighted by Crippen LogP contribution is 2.39. The number of fused-ring (bicyclic) bond motifs is 1. The number of benzene rings is 1. The van der Waals surface area contributed by atoms with Gasteiger partial charge in [-0.05, 0) is 55.4 Å². The molecule has 1 amide bonds. The number of hydrogen-bond donors (Lipinski definition) is 2. The molecule has 1 aliphatic heterocycles. The van der Waals surface area contributed by atoms with Gasteiger partial charge in [0, 0.05) is 15.6 Å². The number of hydrogen-bond acceptors (Lipinski definition) is 4. The molecule has 0 bridgehead atoms. The van der Waals surface area contributed by atoms with Crippen molar-refractivity contribution in [2.45, 2.75) is 33.1 Å². The van der Waals surface area contributed by atoms with Crippen molar-refractivity contribution in [1.82, 2.24) is 0 Å². The van der Waals surface area contributed by atoms with Crippen LogP contribution in [-0.4, -0.2) is 38.6 Å². The number of carbonyl (C=O) groups is 1. The van der Waals surface area contributed by atoms with Gasteiger partial charge in [0.2, 0.25) is 0 Å². The van der Waals surface area contributed by atoms with Crippen LogP contribution in [0.5, 0.6) is 0 Å². The van der Waals surface area contributed by atoms with Crippen molar-refractivity contribution in [2.75, 3.05) is 42.9 Å². The van der Waals surface area contributed by atoms with E-state index in [0.717, 1.165) is 61.0 Å². The van der Waals surface area contributed by atoms with Crippen molar-refractivity contribution >= 4 is 39.5 Å². The Labute approximate surface area is 187 Å². The number of aryl methyl sites for hydroxylation is 1. The molecular weight excluding hydrogens is 416 g/mol. The first-order chi connectivity index (χ1) is 14.4. The molecule has 4 rings (SSSR count). The smallest absolute Gasteiger partial charge is 0.280 e. The van der Waals surface area contributed by atoms with Crippen molar-refractivity contribution in [2.24, 2.45) is 5.92 Å². The zero-order valence-electron chi connectivity index (χ0n) is 17.6. The quantitative estimate of drug-likeness (QED) is 0.763. The summed E-state index contributed by atoms with van der Waals surface area (Å²) in [6.45, 7) is 8.41. The number of halogens is 1. The molecule has 2 aromatic rings. The van der Waals surface area contributed by atoms with Crippen molar-refractivity contribution in [3.8, 4) is 6.07 Å². The molecule has 5 nitrogen and oxygen atoms in total. The van der Waals surface area contributed by atoms with Crippen molar-refractivity contribution in [3.63, 3.8) is 0 Å². The summed E-state index contributed by atoms with van der Waals surface area (Å²) >= 11 is 7.77. The van der Waals surface area contributed by atoms with Gasteiger partial charge in [-0.15, -0.1) is 11.3 Å². The number of rotatable bonds is 4. The fourth-order valence-electron chi connectivity index (χ4n) is 4.52. The highest BCUT2D eigenvalue weighted by molar-refractivity contribution is 7.16. The third-order valence-corrected chi connectivity index (χ3v) is 7.67. The van der Waals surface area contributed by atoms with Crippen molar-refractivity contribution in [3.05, 3.63) is 44.8 Å². The molecule has 1 aromatic heterocycles. The van der Waals surface area contributed by atoms with Crippen LogP contribution in [0.1, 0.15) is 34.9 Å². The third kappa shape index (κ3) is 4.49. The van der Waals surface area contributed by atoms with Gasteiger partial charge in [-0.2, -0.15) is 5.26 Å². The fraction of sp³-hybridized carbons (Fsp3) is 0.478. The maximum absolute atomic E-state index is 12.7. The maximum Gasteiger partial charge on any atom is 0.280 e. The summed E-state index contributed by atoms with van der Waals surface area (Å²) in [4.78, 5) is 17.6. The Kier molecular flexibility index (Phi) is 6.33. The molecule has 1 atom stereocenters. The van der Waals surface area contributed by atoms with Gasteiger partial charge in [0.05, 0.1) is 31.7 Å². The summed E-state index contributed by atoms with van der Waals surface area (Å²) in [5.74, 6) is 0.649. The van der Waals surface area contributed by atoms with Crippen LogP contribution in [0.2, 0.25) is 5.02 Å². The average Bonchev–Trinajstić information content (AvgIpc) is 3.06. The predicted molar refractivity (Wildman–Crippen MR) is 123 cm³/mol. The van der Waals surface area contributed by atoms with Crippen LogP contribution in [0.4, 0.5) is 10.7 Å². The number of nitrogens with one attached hydrogen (secondary N) is 2. The van der Waals surface area contributed by atoms with Gasteiger partial charge in [0.1, 0.15) is 11.1 Å². The van der Waals surface area contributed by atoms with E-state index in [-0.39, 0.29) is 5.91 Å². The topological polar surface area (TPSA) is 60.6 Å². The number of quaternary nitrogens is 1. The lowest BCUT2D eigenvalue weighted by molar-refractivity contribution is -0.892. The zero-order chi connectivity index (χ0) is 21.3. The third-order valence-electron chi connectivity index (χ3n) is 6.27. The Morgan fingerprint density at radius 3 is 2.90 bits per heavy atom. The van der Waals surface area contributed by atoms with Crippen LogP contribution in [0.3, 0.4) is 0 Å². The molecule has 2 N–H and O–H groups in total. The van der Waals surface area contributed by atoms with Gasteiger partial charge in [0.15, 0.2) is 6.54 Å². The zero-order valence-corrected chi connectivity index (χ0v) is 19.1. The number of piperazine rings is 1. The molecule has 1 aliphatic carbocycles. The molecule has 0 radical (unpaired) electrons. The van der Waals surface area contributed by atoms with Gasteiger partial charge in [0.25, 0.3) is 5.91 Å². The SMILES string of the molecule is Cc1ccc(Cl)cc1N1CC[NH+](CC(=O)Nc2sc3c(c2C#N)CC[C@@H](C)C3)CC1. The number of amides is 1. The van der Waals surface area contributed by atoms with Crippen molar-refractivity contribution in [1.29, 1.82) is 5.26 Å². The van der Waals surface area contributed by atoms with Crippen molar-refractivity contribution < 1.29 is 9.69 Å². The molecule has 0 unspecified atom stereocenters. The standard InChI is InChI=1S/C23H27ClN4OS/c1-15-3-6-18-19(13-25)23(30-21(18)11-15)26-22(29)14-27-7-9-28(10-8-27)20-12-17(24)5-4-16(20)2/h4-5,12,15H,3,6-11,14H2,1-2H3,(H,26,29)/p+1/t15-/m1/s1. The van der Waals surface area contributed by atoms with Crippen LogP contribution in [0.15, 0.2) is 18.2 Å². The van der Waals surface area contributed by atoms with Crippen LogP contribution >= 0.6 is 22.9 Å². The molecule has 0 spiro atoms. The fourth-order valence-corrected chi connectivity index (χ4v) is 6.06. The van der Waals surface area contributed by atoms with E-state index in [1.807, 2.05) is 12.1 Å². The number of nitriles is 1. The first kappa shape index (κ1) is 21.2. The van der Waals surface area contributed by atoms with Crippen LogP contribution in [0.25, 0.3) is 0 Å². The number of thiophene rings is 1. The van der Waals surface area contributed by atoms with Gasteiger partial charge < -0.3 is 15.1 Å². The summed E-state index contributed by atoms with van der Waals surface area (Å²) < 4.78 is 0. The average molecular weight is 444 g/mol. The van der Waals surface area contributed by atoms with E-state index in [1.165, 1.54) is 21.0 Å². The van der Waals surface area contributed by atoms with Gasteiger partial charge in [-0.3, -0.25) is 4.79 Å². The van der Waals surface area contributed by atoms with E-state index in [1.54, 1.807) is 11.3 Å². The Hall–Kier alpha value is -2.07. The summed E-state index contributed by atoms with van der Waals surface area (Å²) in [5.41, 5.74) is 4.25. The van der Waals surface area contributed by atoms with Gasteiger partial charge >= 0.3 is 0 Å². The molecule has 2 heterocycles. The predicted octanol–water partition coefficient (Wildman–Crippen LogP) is 3.05. The summed E-state index contributed by atoms with van der Waals surface area (Å²) in [7, 11) is 0. The molecule has 7 heteroatoms. The molecule has 1 aromatic carbocycles. The second-order valence-corrected chi connectivity index (χ2v) is 10.1. The normalized spacial score (nSPS) is 19.3. The van der Waals surface area contributed by atoms with E-state index in [0.29, 0.717) is 18.0 Å². The Bertz CT molecular complexity index is 988. The first-order valence-corrected chi connectivity index (χ1v) is 11.8. The Morgan fingerprint density at radius 2 is 2.17 bits per heavy atom. The Morgan fingerprint density at radius 1 is 1.40 bits per heavy atom. The minimum absolute atomic E-state index is 0.000492. The van der Waals surface area contributed by atoms with E-state index in [4.69, 9.17) is 11.6 Å².